The standard InChI is InChI=1S/C17H21N3O3S2/c1-17(11-18)8-9-20(12-17)16(21)13-4-6-14(7-5-13)19-25(22,23)15-3-2-10-24-15/h2-7,10,19H,8-9,11-12,18H2,1H3. The lowest BCUT2D eigenvalue weighted by Crippen LogP contribution is -2.34. The molecule has 8 heteroatoms. The fourth-order valence-electron chi connectivity index (χ4n) is 2.85. The smallest absolute Gasteiger partial charge is 0.271 e. The summed E-state index contributed by atoms with van der Waals surface area (Å²) in [6.45, 7) is 3.98. The summed E-state index contributed by atoms with van der Waals surface area (Å²) in [5, 5.41) is 1.71. The predicted molar refractivity (Wildman–Crippen MR) is 99.3 cm³/mol. The molecular formula is C17H21N3O3S2. The van der Waals surface area contributed by atoms with Crippen LogP contribution in [0.3, 0.4) is 0 Å². The van der Waals surface area contributed by atoms with E-state index in [1.54, 1.807) is 46.7 Å². The number of amides is 1. The summed E-state index contributed by atoms with van der Waals surface area (Å²) in [4.78, 5) is 14.4. The molecule has 0 saturated carbocycles. The first-order chi connectivity index (χ1) is 11.8. The van der Waals surface area contributed by atoms with Crippen LogP contribution in [0, 0.1) is 5.41 Å². The monoisotopic (exact) mass is 379 g/mol. The number of benzene rings is 1. The summed E-state index contributed by atoms with van der Waals surface area (Å²) < 4.78 is 27.2. The van der Waals surface area contributed by atoms with Crippen LogP contribution in [-0.4, -0.2) is 38.9 Å². The van der Waals surface area contributed by atoms with Gasteiger partial charge >= 0.3 is 0 Å². The molecule has 0 spiro atoms. The van der Waals surface area contributed by atoms with E-state index in [1.165, 1.54) is 0 Å². The number of carbonyl (C=O) groups excluding carboxylic acids is 1. The molecule has 0 radical (unpaired) electrons. The number of hydrogen-bond acceptors (Lipinski definition) is 5. The second-order valence-electron chi connectivity index (χ2n) is 6.61. The first-order valence-electron chi connectivity index (χ1n) is 7.99. The van der Waals surface area contributed by atoms with Crippen LogP contribution in [0.25, 0.3) is 0 Å². The fraction of sp³-hybridized carbons (Fsp3) is 0.353. The Morgan fingerprint density at radius 3 is 2.60 bits per heavy atom. The topological polar surface area (TPSA) is 92.5 Å². The van der Waals surface area contributed by atoms with E-state index in [2.05, 4.69) is 11.6 Å². The Balaban J connectivity index is 1.70. The molecule has 1 amide bonds. The highest BCUT2D eigenvalue weighted by Gasteiger charge is 2.35. The van der Waals surface area contributed by atoms with E-state index in [0.717, 1.165) is 17.8 Å². The van der Waals surface area contributed by atoms with Crippen LogP contribution in [0.2, 0.25) is 0 Å². The average Bonchev–Trinajstić information content (AvgIpc) is 3.25. The third-order valence-corrected chi connectivity index (χ3v) is 7.26. The lowest BCUT2D eigenvalue weighted by molar-refractivity contribution is 0.0777. The van der Waals surface area contributed by atoms with E-state index in [0.29, 0.717) is 30.9 Å². The molecule has 1 atom stereocenters. The second kappa shape index (κ2) is 6.78. The van der Waals surface area contributed by atoms with Crippen LogP contribution in [0.1, 0.15) is 23.7 Å². The van der Waals surface area contributed by atoms with Gasteiger partial charge in [0, 0.05) is 24.3 Å². The lowest BCUT2D eigenvalue weighted by Gasteiger charge is -2.22. The highest BCUT2D eigenvalue weighted by Crippen LogP contribution is 2.29. The van der Waals surface area contributed by atoms with Crippen molar-refractivity contribution in [1.82, 2.24) is 4.90 Å². The number of nitrogens with zero attached hydrogens (tertiary/aromatic N) is 1. The molecule has 1 aliphatic rings. The molecule has 1 unspecified atom stereocenters. The van der Waals surface area contributed by atoms with Crippen molar-refractivity contribution in [2.24, 2.45) is 11.1 Å². The molecule has 1 saturated heterocycles. The second-order valence-corrected chi connectivity index (χ2v) is 9.46. The molecule has 6 nitrogen and oxygen atoms in total. The maximum Gasteiger partial charge on any atom is 0.271 e. The lowest BCUT2D eigenvalue weighted by atomic mass is 9.90. The molecule has 0 bridgehead atoms. The number of nitrogens with one attached hydrogen (secondary N) is 1. The van der Waals surface area contributed by atoms with Crippen molar-refractivity contribution >= 4 is 33.0 Å². The average molecular weight is 380 g/mol. The molecular weight excluding hydrogens is 358 g/mol. The number of carbonyl (C=O) groups is 1. The highest BCUT2D eigenvalue weighted by molar-refractivity contribution is 7.94. The first-order valence-corrected chi connectivity index (χ1v) is 10.4. The summed E-state index contributed by atoms with van der Waals surface area (Å²) in [6.07, 6.45) is 0.897. The van der Waals surface area contributed by atoms with Gasteiger partial charge in [-0.2, -0.15) is 0 Å². The Morgan fingerprint density at radius 2 is 2.04 bits per heavy atom. The molecule has 2 heterocycles. The van der Waals surface area contributed by atoms with E-state index in [1.807, 2.05) is 0 Å². The van der Waals surface area contributed by atoms with Crippen molar-refractivity contribution in [2.75, 3.05) is 24.4 Å². The van der Waals surface area contributed by atoms with E-state index in [4.69, 9.17) is 5.73 Å². The maximum absolute atomic E-state index is 12.6. The molecule has 3 rings (SSSR count). The Labute approximate surface area is 151 Å². The van der Waals surface area contributed by atoms with Crippen molar-refractivity contribution < 1.29 is 13.2 Å². The third kappa shape index (κ3) is 3.86. The van der Waals surface area contributed by atoms with Crippen LogP contribution in [0.15, 0.2) is 46.0 Å². The van der Waals surface area contributed by atoms with Gasteiger partial charge < -0.3 is 10.6 Å². The van der Waals surface area contributed by atoms with Gasteiger partial charge in [-0.3, -0.25) is 9.52 Å². The van der Waals surface area contributed by atoms with Gasteiger partial charge in [-0.1, -0.05) is 13.0 Å². The van der Waals surface area contributed by atoms with Crippen molar-refractivity contribution in [3.05, 3.63) is 47.3 Å². The van der Waals surface area contributed by atoms with Crippen molar-refractivity contribution in [2.45, 2.75) is 17.6 Å². The molecule has 1 aromatic heterocycles. The zero-order chi connectivity index (χ0) is 18.1. The fourth-order valence-corrected chi connectivity index (χ4v) is 4.90. The summed E-state index contributed by atoms with van der Waals surface area (Å²) >= 11 is 1.15. The number of rotatable bonds is 5. The summed E-state index contributed by atoms with van der Waals surface area (Å²) in [6, 6.07) is 9.74. The minimum Gasteiger partial charge on any atom is -0.338 e. The summed E-state index contributed by atoms with van der Waals surface area (Å²) in [5.74, 6) is -0.0511. The van der Waals surface area contributed by atoms with E-state index < -0.39 is 10.0 Å². The number of hydrogen-bond donors (Lipinski definition) is 2. The first kappa shape index (κ1) is 17.9. The van der Waals surface area contributed by atoms with Gasteiger partial charge in [-0.15, -0.1) is 11.3 Å². The minimum absolute atomic E-state index is 0.0219. The molecule has 2 aromatic rings. The number of likely N-dealkylation sites (tertiary alicyclic amines) is 1. The SMILES string of the molecule is CC1(CN)CCN(C(=O)c2ccc(NS(=O)(=O)c3cccs3)cc2)C1. The normalized spacial score (nSPS) is 20.6. The molecule has 25 heavy (non-hydrogen) atoms. The van der Waals surface area contributed by atoms with Crippen molar-refractivity contribution in [3.63, 3.8) is 0 Å². The Hall–Kier alpha value is -1.90. The third-order valence-electron chi connectivity index (χ3n) is 4.48. The van der Waals surface area contributed by atoms with Gasteiger partial charge in [-0.05, 0) is 54.1 Å². The van der Waals surface area contributed by atoms with E-state index in [-0.39, 0.29) is 15.5 Å². The minimum atomic E-state index is -3.58. The largest absolute Gasteiger partial charge is 0.338 e. The van der Waals surface area contributed by atoms with Gasteiger partial charge in [0.2, 0.25) is 0 Å². The molecule has 1 fully saturated rings. The highest BCUT2D eigenvalue weighted by atomic mass is 32.2. The van der Waals surface area contributed by atoms with Crippen molar-refractivity contribution in [3.8, 4) is 0 Å². The van der Waals surface area contributed by atoms with Crippen LogP contribution in [-0.2, 0) is 10.0 Å². The van der Waals surface area contributed by atoms with Gasteiger partial charge in [0.25, 0.3) is 15.9 Å². The van der Waals surface area contributed by atoms with Crippen LogP contribution in [0.5, 0.6) is 0 Å². The van der Waals surface area contributed by atoms with Gasteiger partial charge in [0.15, 0.2) is 0 Å². The molecule has 1 aliphatic heterocycles. The van der Waals surface area contributed by atoms with Crippen LogP contribution < -0.4 is 10.5 Å². The van der Waals surface area contributed by atoms with E-state index >= 15 is 0 Å². The zero-order valence-corrected chi connectivity index (χ0v) is 15.6. The van der Waals surface area contributed by atoms with Gasteiger partial charge in [0.05, 0.1) is 0 Å². The molecule has 3 N–H and O–H groups in total. The molecule has 0 aliphatic carbocycles. The predicted octanol–water partition coefficient (Wildman–Crippen LogP) is 2.36. The summed E-state index contributed by atoms with van der Waals surface area (Å²) in [7, 11) is -3.58. The number of thiophene rings is 1. The maximum atomic E-state index is 12.6. The zero-order valence-electron chi connectivity index (χ0n) is 13.9. The Morgan fingerprint density at radius 1 is 1.32 bits per heavy atom. The van der Waals surface area contributed by atoms with E-state index in [9.17, 15) is 13.2 Å². The Bertz CT molecular complexity index is 848. The van der Waals surface area contributed by atoms with Crippen molar-refractivity contribution in [1.29, 1.82) is 0 Å². The quantitative estimate of drug-likeness (QED) is 0.834. The van der Waals surface area contributed by atoms with Crippen LogP contribution >= 0.6 is 11.3 Å². The molecule has 1 aromatic carbocycles. The Kier molecular flexibility index (Phi) is 4.86. The van der Waals surface area contributed by atoms with Gasteiger partial charge in [-0.25, -0.2) is 8.42 Å². The number of sulfonamides is 1. The van der Waals surface area contributed by atoms with Gasteiger partial charge in [0.1, 0.15) is 4.21 Å². The number of nitrogens with two attached hydrogens (primary N) is 1. The molecule has 134 valence electrons. The summed E-state index contributed by atoms with van der Waals surface area (Å²) in [5.41, 5.74) is 6.73. The van der Waals surface area contributed by atoms with Crippen LogP contribution in [0.4, 0.5) is 5.69 Å². The number of anilines is 1.